The Morgan fingerprint density at radius 2 is 2.05 bits per heavy atom. The molecule has 116 valence electrons. The SMILES string of the molecule is COC(=O)C1(C)CC(c2ccccc2C(F)(F)F)CCN1. The summed E-state index contributed by atoms with van der Waals surface area (Å²) in [5.74, 6) is -0.773. The smallest absolute Gasteiger partial charge is 0.416 e. The fourth-order valence-corrected chi connectivity index (χ4v) is 2.95. The van der Waals surface area contributed by atoms with Crippen LogP contribution in [-0.2, 0) is 15.7 Å². The van der Waals surface area contributed by atoms with Gasteiger partial charge in [-0.15, -0.1) is 0 Å². The first-order valence-corrected chi connectivity index (χ1v) is 6.77. The Balaban J connectivity index is 2.33. The van der Waals surface area contributed by atoms with Crippen LogP contribution in [0.5, 0.6) is 0 Å². The van der Waals surface area contributed by atoms with Crippen LogP contribution in [-0.4, -0.2) is 25.2 Å². The Hall–Kier alpha value is -1.56. The van der Waals surface area contributed by atoms with Gasteiger partial charge < -0.3 is 10.1 Å². The summed E-state index contributed by atoms with van der Waals surface area (Å²) in [4.78, 5) is 11.8. The molecule has 0 aliphatic carbocycles. The van der Waals surface area contributed by atoms with E-state index >= 15 is 0 Å². The van der Waals surface area contributed by atoms with E-state index in [2.05, 4.69) is 5.32 Å². The predicted octanol–water partition coefficient (Wildman–Crippen LogP) is 3.10. The topological polar surface area (TPSA) is 38.3 Å². The standard InChI is InChI=1S/C15H18F3NO2/c1-14(13(20)21-2)9-10(7-8-19-14)11-5-3-4-6-12(11)15(16,17)18/h3-6,10,19H,7-9H2,1-2H3. The molecule has 1 N–H and O–H groups in total. The van der Waals surface area contributed by atoms with Gasteiger partial charge in [0.15, 0.2) is 0 Å². The summed E-state index contributed by atoms with van der Waals surface area (Å²) >= 11 is 0. The fourth-order valence-electron chi connectivity index (χ4n) is 2.95. The molecule has 1 aromatic carbocycles. The molecule has 3 nitrogen and oxygen atoms in total. The molecule has 1 aliphatic heterocycles. The number of carbonyl (C=O) groups excluding carboxylic acids is 1. The monoisotopic (exact) mass is 301 g/mol. The lowest BCUT2D eigenvalue weighted by molar-refractivity contribution is -0.149. The van der Waals surface area contributed by atoms with Crippen molar-refractivity contribution >= 4 is 5.97 Å². The number of esters is 1. The van der Waals surface area contributed by atoms with Gasteiger partial charge in [-0.05, 0) is 43.9 Å². The highest BCUT2D eigenvalue weighted by atomic mass is 19.4. The highest BCUT2D eigenvalue weighted by molar-refractivity contribution is 5.80. The van der Waals surface area contributed by atoms with Crippen molar-refractivity contribution < 1.29 is 22.7 Å². The second-order valence-corrected chi connectivity index (χ2v) is 5.53. The quantitative estimate of drug-likeness (QED) is 0.853. The van der Waals surface area contributed by atoms with Gasteiger partial charge >= 0.3 is 12.1 Å². The molecule has 1 heterocycles. The summed E-state index contributed by atoms with van der Waals surface area (Å²) in [5.41, 5.74) is -1.32. The minimum atomic E-state index is -4.39. The molecule has 2 rings (SSSR count). The number of halogens is 3. The average molecular weight is 301 g/mol. The van der Waals surface area contributed by atoms with Gasteiger partial charge in [0.2, 0.25) is 0 Å². The lowest BCUT2D eigenvalue weighted by atomic mass is 9.78. The number of piperidine rings is 1. The average Bonchev–Trinajstić information content (AvgIpc) is 2.45. The van der Waals surface area contributed by atoms with Gasteiger partial charge in [-0.2, -0.15) is 13.2 Å². The summed E-state index contributed by atoms with van der Waals surface area (Å²) < 4.78 is 44.1. The lowest BCUT2D eigenvalue weighted by Gasteiger charge is -2.37. The van der Waals surface area contributed by atoms with E-state index < -0.39 is 23.2 Å². The molecule has 1 aromatic rings. The molecule has 0 radical (unpaired) electrons. The number of ether oxygens (including phenoxy) is 1. The summed E-state index contributed by atoms with van der Waals surface area (Å²) in [7, 11) is 1.28. The number of alkyl halides is 3. The molecule has 0 bridgehead atoms. The second kappa shape index (κ2) is 5.67. The van der Waals surface area contributed by atoms with Crippen molar-refractivity contribution in [2.45, 2.75) is 37.4 Å². The molecule has 0 aromatic heterocycles. The van der Waals surface area contributed by atoms with Crippen molar-refractivity contribution in [2.75, 3.05) is 13.7 Å². The van der Waals surface area contributed by atoms with Crippen molar-refractivity contribution in [3.05, 3.63) is 35.4 Å². The third-order valence-electron chi connectivity index (χ3n) is 4.00. The molecule has 0 amide bonds. The molecule has 2 unspecified atom stereocenters. The number of benzene rings is 1. The van der Waals surface area contributed by atoms with Crippen LogP contribution in [0, 0.1) is 0 Å². The predicted molar refractivity (Wildman–Crippen MR) is 71.8 cm³/mol. The second-order valence-electron chi connectivity index (χ2n) is 5.53. The van der Waals surface area contributed by atoms with E-state index in [1.807, 2.05) is 0 Å². The Morgan fingerprint density at radius 1 is 1.38 bits per heavy atom. The Kier molecular flexibility index (Phi) is 4.27. The van der Waals surface area contributed by atoms with Crippen LogP contribution in [0.25, 0.3) is 0 Å². The number of hydrogen-bond acceptors (Lipinski definition) is 3. The van der Waals surface area contributed by atoms with E-state index in [0.29, 0.717) is 13.0 Å². The fraction of sp³-hybridized carbons (Fsp3) is 0.533. The van der Waals surface area contributed by atoms with E-state index in [1.165, 1.54) is 19.2 Å². The Morgan fingerprint density at radius 3 is 2.67 bits per heavy atom. The van der Waals surface area contributed by atoms with Crippen LogP contribution in [0.1, 0.15) is 36.8 Å². The maximum Gasteiger partial charge on any atom is 0.416 e. The van der Waals surface area contributed by atoms with Crippen molar-refractivity contribution in [1.29, 1.82) is 0 Å². The van der Waals surface area contributed by atoms with E-state index in [9.17, 15) is 18.0 Å². The van der Waals surface area contributed by atoms with Crippen molar-refractivity contribution in [1.82, 2.24) is 5.32 Å². The van der Waals surface area contributed by atoms with Gasteiger partial charge in [0.25, 0.3) is 0 Å². The largest absolute Gasteiger partial charge is 0.468 e. The highest BCUT2D eigenvalue weighted by Crippen LogP contribution is 2.40. The molecular formula is C15H18F3NO2. The first-order chi connectivity index (χ1) is 9.78. The first kappa shape index (κ1) is 15.8. The maximum absolute atomic E-state index is 13.1. The Labute approximate surface area is 121 Å². The molecule has 0 spiro atoms. The van der Waals surface area contributed by atoms with Crippen LogP contribution in [0.2, 0.25) is 0 Å². The van der Waals surface area contributed by atoms with Crippen molar-refractivity contribution in [3.63, 3.8) is 0 Å². The van der Waals surface area contributed by atoms with Gasteiger partial charge in [0.1, 0.15) is 5.54 Å². The molecule has 1 saturated heterocycles. The molecule has 2 atom stereocenters. The minimum Gasteiger partial charge on any atom is -0.468 e. The minimum absolute atomic E-state index is 0.252. The molecule has 0 saturated carbocycles. The normalized spacial score (nSPS) is 26.4. The molecule has 6 heteroatoms. The summed E-state index contributed by atoms with van der Waals surface area (Å²) in [6.45, 7) is 2.14. The van der Waals surface area contributed by atoms with E-state index in [-0.39, 0.29) is 17.9 Å². The van der Waals surface area contributed by atoms with Gasteiger partial charge in [0, 0.05) is 0 Å². The highest BCUT2D eigenvalue weighted by Gasteiger charge is 2.42. The van der Waals surface area contributed by atoms with E-state index in [0.717, 1.165) is 6.07 Å². The van der Waals surface area contributed by atoms with Gasteiger partial charge in [-0.25, -0.2) is 0 Å². The van der Waals surface area contributed by atoms with E-state index in [1.54, 1.807) is 13.0 Å². The number of carbonyl (C=O) groups is 1. The maximum atomic E-state index is 13.1. The molecule has 21 heavy (non-hydrogen) atoms. The number of nitrogens with one attached hydrogen (secondary N) is 1. The summed E-state index contributed by atoms with van der Waals surface area (Å²) in [6.07, 6.45) is -3.55. The number of hydrogen-bond donors (Lipinski definition) is 1. The zero-order valence-corrected chi connectivity index (χ0v) is 12.0. The van der Waals surface area contributed by atoms with Gasteiger partial charge in [-0.1, -0.05) is 18.2 Å². The number of rotatable bonds is 2. The molecular weight excluding hydrogens is 283 g/mol. The zero-order valence-electron chi connectivity index (χ0n) is 12.0. The van der Waals surface area contributed by atoms with Crippen LogP contribution in [0.15, 0.2) is 24.3 Å². The summed E-state index contributed by atoms with van der Waals surface area (Å²) in [6, 6.07) is 5.57. The lowest BCUT2D eigenvalue weighted by Crippen LogP contribution is -2.54. The van der Waals surface area contributed by atoms with Crippen LogP contribution in [0.4, 0.5) is 13.2 Å². The third kappa shape index (κ3) is 3.20. The zero-order chi connectivity index (χ0) is 15.7. The molecule has 1 aliphatic rings. The third-order valence-corrected chi connectivity index (χ3v) is 4.00. The van der Waals surface area contributed by atoms with Crippen LogP contribution in [0.3, 0.4) is 0 Å². The van der Waals surface area contributed by atoms with Gasteiger partial charge in [0.05, 0.1) is 12.7 Å². The van der Waals surface area contributed by atoms with Crippen molar-refractivity contribution in [3.8, 4) is 0 Å². The molecule has 1 fully saturated rings. The van der Waals surface area contributed by atoms with E-state index in [4.69, 9.17) is 4.74 Å². The summed E-state index contributed by atoms with van der Waals surface area (Å²) in [5, 5.41) is 3.05. The first-order valence-electron chi connectivity index (χ1n) is 6.77. The van der Waals surface area contributed by atoms with Crippen molar-refractivity contribution in [2.24, 2.45) is 0 Å². The van der Waals surface area contributed by atoms with Crippen LogP contribution >= 0.6 is 0 Å². The van der Waals surface area contributed by atoms with Crippen LogP contribution < -0.4 is 5.32 Å². The Bertz CT molecular complexity index is 530. The van der Waals surface area contributed by atoms with Gasteiger partial charge in [-0.3, -0.25) is 4.79 Å². The number of methoxy groups -OCH3 is 1.